The highest BCUT2D eigenvalue weighted by atomic mass is 19.1. The van der Waals surface area contributed by atoms with Gasteiger partial charge in [-0.2, -0.15) is 5.26 Å². The van der Waals surface area contributed by atoms with Crippen LogP contribution in [0.3, 0.4) is 0 Å². The van der Waals surface area contributed by atoms with E-state index in [2.05, 4.69) is 10.5 Å². The number of rotatable bonds is 7. The van der Waals surface area contributed by atoms with Crippen molar-refractivity contribution in [3.8, 4) is 6.07 Å². The van der Waals surface area contributed by atoms with Gasteiger partial charge in [0, 0.05) is 18.7 Å². The van der Waals surface area contributed by atoms with E-state index in [4.69, 9.17) is 15.2 Å². The molecule has 27 heavy (non-hydrogen) atoms. The Kier molecular flexibility index (Phi) is 6.97. The van der Waals surface area contributed by atoms with Crippen LogP contribution in [0.1, 0.15) is 35.3 Å². The van der Waals surface area contributed by atoms with Gasteiger partial charge in [0.2, 0.25) is 0 Å². The molecule has 6 nitrogen and oxygen atoms in total. The fourth-order valence-electron chi connectivity index (χ4n) is 2.42. The lowest BCUT2D eigenvalue weighted by molar-refractivity contribution is -0.133. The number of hydrogen-bond donors (Lipinski definition) is 2. The molecular weight excluding hydrogens is 356 g/mol. The number of amides is 1. The molecule has 1 unspecified atom stereocenters. The molecule has 0 aromatic heterocycles. The quantitative estimate of drug-likeness (QED) is 0.443. The Morgan fingerprint density at radius 2 is 2.04 bits per heavy atom. The third-order valence-electron chi connectivity index (χ3n) is 3.74. The molecule has 140 valence electrons. The van der Waals surface area contributed by atoms with Crippen LogP contribution in [-0.4, -0.2) is 23.9 Å². The molecule has 0 aliphatic carbocycles. The number of benzene rings is 2. The Bertz CT molecular complexity index is 877. The average molecular weight is 373 g/mol. The zero-order valence-electron chi connectivity index (χ0n) is 14.4. The highest BCUT2D eigenvalue weighted by Crippen LogP contribution is 2.26. The molecule has 0 saturated heterocycles. The molecule has 0 bridgehead atoms. The molecule has 2 N–H and O–H groups in total. The third-order valence-corrected chi connectivity index (χ3v) is 3.74. The number of nitriles is 1. The van der Waals surface area contributed by atoms with Gasteiger partial charge in [-0.05, 0) is 36.8 Å². The summed E-state index contributed by atoms with van der Waals surface area (Å²) < 4.78 is 34.0. The first kappa shape index (κ1) is 20.0. The van der Waals surface area contributed by atoms with Crippen molar-refractivity contribution in [3.05, 3.63) is 70.3 Å². The van der Waals surface area contributed by atoms with Crippen LogP contribution in [0, 0.1) is 23.0 Å². The fraction of sp³-hybridized carbons (Fsp3) is 0.211. The standard InChI is InChI=1S/C19H17F2N3O3/c1-2-27-18(16-15(20)8-7-14(11-24-26)17(16)21)19(25)23-10-13-5-3-12(9-22)4-6-13/h3-8,11,18,26H,2,10H2,1H3,(H,23,25). The van der Waals surface area contributed by atoms with Gasteiger partial charge in [-0.1, -0.05) is 17.3 Å². The summed E-state index contributed by atoms with van der Waals surface area (Å²) in [6, 6.07) is 10.6. The van der Waals surface area contributed by atoms with Gasteiger partial charge in [0.05, 0.1) is 23.4 Å². The first-order valence-electron chi connectivity index (χ1n) is 8.05. The molecular formula is C19H17F2N3O3. The van der Waals surface area contributed by atoms with Crippen molar-refractivity contribution in [2.45, 2.75) is 19.6 Å². The molecule has 0 radical (unpaired) electrons. The molecule has 0 aliphatic rings. The number of ether oxygens (including phenoxy) is 1. The molecule has 2 rings (SSSR count). The highest BCUT2D eigenvalue weighted by Gasteiger charge is 2.28. The predicted molar refractivity (Wildman–Crippen MR) is 93.1 cm³/mol. The van der Waals surface area contributed by atoms with Crippen LogP contribution in [0.15, 0.2) is 41.6 Å². The molecule has 0 fully saturated rings. The predicted octanol–water partition coefficient (Wildman–Crippen LogP) is 3.04. The van der Waals surface area contributed by atoms with E-state index in [9.17, 15) is 13.6 Å². The summed E-state index contributed by atoms with van der Waals surface area (Å²) in [5.74, 6) is -2.72. The second-order valence-electron chi connectivity index (χ2n) is 5.47. The summed E-state index contributed by atoms with van der Waals surface area (Å²) in [7, 11) is 0. The monoisotopic (exact) mass is 373 g/mol. The molecule has 0 spiro atoms. The molecule has 1 atom stereocenters. The minimum Gasteiger partial charge on any atom is -0.411 e. The molecule has 2 aromatic rings. The van der Waals surface area contributed by atoms with Crippen LogP contribution in [0.2, 0.25) is 0 Å². The Morgan fingerprint density at radius 1 is 1.33 bits per heavy atom. The normalized spacial score (nSPS) is 11.9. The lowest BCUT2D eigenvalue weighted by Gasteiger charge is -2.19. The van der Waals surface area contributed by atoms with Crippen molar-refractivity contribution in [1.29, 1.82) is 5.26 Å². The zero-order chi connectivity index (χ0) is 19.8. The van der Waals surface area contributed by atoms with Crippen molar-refractivity contribution >= 4 is 12.1 Å². The maximum Gasteiger partial charge on any atom is 0.254 e. The van der Waals surface area contributed by atoms with E-state index in [1.165, 1.54) is 0 Å². The number of nitrogens with one attached hydrogen (secondary N) is 1. The van der Waals surface area contributed by atoms with Gasteiger partial charge in [0.25, 0.3) is 5.91 Å². The molecule has 0 saturated carbocycles. The van der Waals surface area contributed by atoms with Crippen molar-refractivity contribution < 1.29 is 23.5 Å². The average Bonchev–Trinajstić information content (AvgIpc) is 2.68. The first-order valence-corrected chi connectivity index (χ1v) is 8.05. The van der Waals surface area contributed by atoms with E-state index < -0.39 is 29.2 Å². The summed E-state index contributed by atoms with van der Waals surface area (Å²) in [5, 5.41) is 22.7. The molecule has 1 amide bonds. The second-order valence-corrected chi connectivity index (χ2v) is 5.47. The van der Waals surface area contributed by atoms with E-state index in [1.807, 2.05) is 6.07 Å². The van der Waals surface area contributed by atoms with Crippen LogP contribution in [-0.2, 0) is 16.1 Å². The third kappa shape index (κ3) is 4.86. The largest absolute Gasteiger partial charge is 0.411 e. The van der Waals surface area contributed by atoms with E-state index >= 15 is 0 Å². The van der Waals surface area contributed by atoms with Gasteiger partial charge in [-0.3, -0.25) is 4.79 Å². The number of halogens is 2. The van der Waals surface area contributed by atoms with E-state index in [-0.39, 0.29) is 18.7 Å². The Balaban J connectivity index is 2.24. The maximum absolute atomic E-state index is 14.6. The Labute approximate surface area is 154 Å². The number of carbonyl (C=O) groups excluding carboxylic acids is 1. The van der Waals surface area contributed by atoms with Crippen LogP contribution in [0.25, 0.3) is 0 Å². The highest BCUT2D eigenvalue weighted by molar-refractivity contribution is 5.84. The van der Waals surface area contributed by atoms with Crippen molar-refractivity contribution in [2.75, 3.05) is 6.61 Å². The van der Waals surface area contributed by atoms with Crippen molar-refractivity contribution in [3.63, 3.8) is 0 Å². The number of carbonyl (C=O) groups is 1. The smallest absolute Gasteiger partial charge is 0.254 e. The molecule has 8 heteroatoms. The SMILES string of the molecule is CCOC(C(=O)NCc1ccc(C#N)cc1)c1c(F)ccc(C=NO)c1F. The molecule has 0 heterocycles. The summed E-state index contributed by atoms with van der Waals surface area (Å²) >= 11 is 0. The van der Waals surface area contributed by atoms with Crippen molar-refractivity contribution in [2.24, 2.45) is 5.16 Å². The van der Waals surface area contributed by atoms with Crippen LogP contribution < -0.4 is 5.32 Å². The second kappa shape index (κ2) is 9.40. The van der Waals surface area contributed by atoms with Crippen LogP contribution >= 0.6 is 0 Å². The van der Waals surface area contributed by atoms with Gasteiger partial charge in [-0.15, -0.1) is 0 Å². The van der Waals surface area contributed by atoms with Gasteiger partial charge in [0.1, 0.15) is 11.6 Å². The van der Waals surface area contributed by atoms with E-state index in [0.717, 1.165) is 18.3 Å². The van der Waals surface area contributed by atoms with Gasteiger partial charge in [0.15, 0.2) is 6.10 Å². The summed E-state index contributed by atoms with van der Waals surface area (Å²) in [4.78, 5) is 12.5. The van der Waals surface area contributed by atoms with Gasteiger partial charge in [-0.25, -0.2) is 8.78 Å². The number of hydrogen-bond acceptors (Lipinski definition) is 5. The first-order chi connectivity index (χ1) is 13.0. The van der Waals surface area contributed by atoms with Gasteiger partial charge >= 0.3 is 0 Å². The van der Waals surface area contributed by atoms with E-state index in [1.54, 1.807) is 31.2 Å². The van der Waals surface area contributed by atoms with E-state index in [0.29, 0.717) is 11.1 Å². The summed E-state index contributed by atoms with van der Waals surface area (Å²) in [6.45, 7) is 1.73. The summed E-state index contributed by atoms with van der Waals surface area (Å²) in [6.07, 6.45) is -0.712. The maximum atomic E-state index is 14.6. The van der Waals surface area contributed by atoms with Crippen LogP contribution in [0.4, 0.5) is 8.78 Å². The fourth-order valence-corrected chi connectivity index (χ4v) is 2.42. The zero-order valence-corrected chi connectivity index (χ0v) is 14.4. The molecule has 2 aromatic carbocycles. The minimum absolute atomic E-state index is 0.0478. The summed E-state index contributed by atoms with van der Waals surface area (Å²) in [5.41, 5.74) is 0.438. The van der Waals surface area contributed by atoms with Crippen molar-refractivity contribution in [1.82, 2.24) is 5.32 Å². The minimum atomic E-state index is -1.51. The Morgan fingerprint density at radius 3 is 2.63 bits per heavy atom. The Hall–Kier alpha value is -3.31. The lowest BCUT2D eigenvalue weighted by atomic mass is 10.0. The topological polar surface area (TPSA) is 94.7 Å². The van der Waals surface area contributed by atoms with Gasteiger partial charge < -0.3 is 15.3 Å². The lowest BCUT2D eigenvalue weighted by Crippen LogP contribution is -2.32. The number of nitrogens with zero attached hydrogens (tertiary/aromatic N) is 2. The van der Waals surface area contributed by atoms with Crippen LogP contribution in [0.5, 0.6) is 0 Å². The molecule has 0 aliphatic heterocycles. The number of oxime groups is 1.